The Morgan fingerprint density at radius 3 is 2.55 bits per heavy atom. The molecule has 110 valence electrons. The van der Waals surface area contributed by atoms with Crippen LogP contribution in [0.1, 0.15) is 24.2 Å². The summed E-state index contributed by atoms with van der Waals surface area (Å²) in [6.07, 6.45) is 0. The average Bonchev–Trinajstić information content (AvgIpc) is 2.34. The lowest BCUT2D eigenvalue weighted by Gasteiger charge is -2.26. The van der Waals surface area contributed by atoms with Gasteiger partial charge in [-0.05, 0) is 19.9 Å². The first kappa shape index (κ1) is 15.9. The van der Waals surface area contributed by atoms with E-state index in [4.69, 9.17) is 4.74 Å². The number of nitro benzene ring substituents is 1. The van der Waals surface area contributed by atoms with Crippen molar-refractivity contribution in [2.45, 2.75) is 19.4 Å². The monoisotopic (exact) mass is 282 g/mol. The quantitative estimate of drug-likeness (QED) is 0.651. The van der Waals surface area contributed by atoms with Crippen molar-refractivity contribution in [3.05, 3.63) is 33.9 Å². The molecule has 0 atom stereocenters. The summed E-state index contributed by atoms with van der Waals surface area (Å²) in [5.41, 5.74) is -1.16. The van der Waals surface area contributed by atoms with Crippen molar-refractivity contribution in [2.75, 3.05) is 20.7 Å². The molecule has 0 fully saturated rings. The van der Waals surface area contributed by atoms with Crippen molar-refractivity contribution in [1.29, 1.82) is 0 Å². The Morgan fingerprint density at radius 1 is 1.50 bits per heavy atom. The average molecular weight is 282 g/mol. The van der Waals surface area contributed by atoms with Crippen molar-refractivity contribution < 1.29 is 19.6 Å². The van der Waals surface area contributed by atoms with Crippen LogP contribution in [0.15, 0.2) is 18.2 Å². The largest absolute Gasteiger partial charge is 0.496 e. The number of methoxy groups -OCH3 is 1. The molecule has 0 unspecified atom stereocenters. The van der Waals surface area contributed by atoms with Gasteiger partial charge in [0.05, 0.1) is 23.2 Å². The van der Waals surface area contributed by atoms with E-state index in [1.54, 1.807) is 13.8 Å². The second kappa shape index (κ2) is 5.87. The maximum absolute atomic E-state index is 12.3. The fourth-order valence-electron chi connectivity index (χ4n) is 1.83. The van der Waals surface area contributed by atoms with Crippen LogP contribution in [0.5, 0.6) is 5.75 Å². The predicted octanol–water partition coefficient (Wildman–Crippen LogP) is 1.45. The van der Waals surface area contributed by atoms with Gasteiger partial charge in [0.15, 0.2) is 0 Å². The molecule has 0 spiro atoms. The minimum atomic E-state index is -1.06. The third-order valence-electron chi connectivity index (χ3n) is 2.60. The fourth-order valence-corrected chi connectivity index (χ4v) is 1.83. The van der Waals surface area contributed by atoms with E-state index in [1.165, 1.54) is 37.3 Å². The van der Waals surface area contributed by atoms with E-state index in [-0.39, 0.29) is 23.5 Å². The minimum Gasteiger partial charge on any atom is -0.496 e. The van der Waals surface area contributed by atoms with Crippen molar-refractivity contribution in [3.63, 3.8) is 0 Å². The lowest BCUT2D eigenvalue weighted by molar-refractivity contribution is -0.384. The molecule has 0 saturated carbocycles. The molecule has 0 aliphatic carbocycles. The highest BCUT2D eigenvalue weighted by atomic mass is 16.6. The molecule has 0 heterocycles. The van der Waals surface area contributed by atoms with Gasteiger partial charge in [-0.1, -0.05) is 0 Å². The summed E-state index contributed by atoms with van der Waals surface area (Å²) in [6.45, 7) is 3.24. The Bertz CT molecular complexity index is 522. The lowest BCUT2D eigenvalue weighted by atomic mass is 10.1. The van der Waals surface area contributed by atoms with Gasteiger partial charge in [-0.25, -0.2) is 0 Å². The Labute approximate surface area is 116 Å². The van der Waals surface area contributed by atoms with Gasteiger partial charge >= 0.3 is 0 Å². The minimum absolute atomic E-state index is 0.0912. The topological polar surface area (TPSA) is 92.9 Å². The molecule has 0 bridgehead atoms. The molecule has 7 heteroatoms. The van der Waals surface area contributed by atoms with Crippen LogP contribution < -0.4 is 4.74 Å². The predicted molar refractivity (Wildman–Crippen MR) is 72.9 cm³/mol. The zero-order valence-corrected chi connectivity index (χ0v) is 11.9. The molecule has 1 aromatic rings. The molecule has 1 N–H and O–H groups in total. The number of rotatable bonds is 5. The van der Waals surface area contributed by atoms with Crippen LogP contribution in [0.3, 0.4) is 0 Å². The van der Waals surface area contributed by atoms with E-state index in [2.05, 4.69) is 0 Å². The molecule has 0 saturated heterocycles. The van der Waals surface area contributed by atoms with Crippen LogP contribution >= 0.6 is 0 Å². The number of carbonyl (C=O) groups is 1. The lowest BCUT2D eigenvalue weighted by Crippen LogP contribution is -2.39. The van der Waals surface area contributed by atoms with E-state index < -0.39 is 16.4 Å². The standard InChI is InChI=1S/C13H18N2O5/c1-13(2,17)8-14(3)12(16)10-7-9(15(18)19)5-6-11(10)20-4/h5-7,17H,8H2,1-4H3. The molecule has 0 aromatic heterocycles. The number of non-ortho nitro benzene ring substituents is 1. The van der Waals surface area contributed by atoms with Crippen molar-refractivity contribution >= 4 is 11.6 Å². The summed E-state index contributed by atoms with van der Waals surface area (Å²) < 4.78 is 5.05. The van der Waals surface area contributed by atoms with Crippen molar-refractivity contribution in [1.82, 2.24) is 4.90 Å². The summed E-state index contributed by atoms with van der Waals surface area (Å²) in [4.78, 5) is 23.8. The molecule has 1 aromatic carbocycles. The zero-order chi connectivity index (χ0) is 15.5. The van der Waals surface area contributed by atoms with Gasteiger partial charge in [0.2, 0.25) is 0 Å². The maximum Gasteiger partial charge on any atom is 0.270 e. The van der Waals surface area contributed by atoms with Crippen LogP contribution in [0, 0.1) is 10.1 Å². The highest BCUT2D eigenvalue weighted by Crippen LogP contribution is 2.25. The molecule has 0 aliphatic rings. The van der Waals surface area contributed by atoms with Gasteiger partial charge in [0, 0.05) is 25.7 Å². The van der Waals surface area contributed by atoms with Gasteiger partial charge in [0.1, 0.15) is 5.75 Å². The summed E-state index contributed by atoms with van der Waals surface area (Å²) in [7, 11) is 2.90. The fraction of sp³-hybridized carbons (Fsp3) is 0.462. The third kappa shape index (κ3) is 3.92. The van der Waals surface area contributed by atoms with E-state index in [1.807, 2.05) is 0 Å². The smallest absolute Gasteiger partial charge is 0.270 e. The molecular formula is C13H18N2O5. The highest BCUT2D eigenvalue weighted by Gasteiger charge is 2.24. The van der Waals surface area contributed by atoms with E-state index in [0.717, 1.165) is 0 Å². The second-order valence-corrected chi connectivity index (χ2v) is 5.12. The van der Waals surface area contributed by atoms with Gasteiger partial charge in [-0.3, -0.25) is 14.9 Å². The first-order chi connectivity index (χ1) is 9.15. The molecule has 0 aliphatic heterocycles. The Kier molecular flexibility index (Phi) is 4.67. The molecule has 1 rings (SSSR count). The highest BCUT2D eigenvalue weighted by molar-refractivity contribution is 5.97. The van der Waals surface area contributed by atoms with Gasteiger partial charge in [-0.15, -0.1) is 0 Å². The third-order valence-corrected chi connectivity index (χ3v) is 2.60. The number of likely N-dealkylation sites (N-methyl/N-ethyl adjacent to an activating group) is 1. The van der Waals surface area contributed by atoms with Crippen LogP contribution in [-0.4, -0.2) is 47.1 Å². The van der Waals surface area contributed by atoms with E-state index in [0.29, 0.717) is 0 Å². The first-order valence-electron chi connectivity index (χ1n) is 5.96. The molecule has 7 nitrogen and oxygen atoms in total. The number of hydrogen-bond acceptors (Lipinski definition) is 5. The number of nitrogens with zero attached hydrogens (tertiary/aromatic N) is 2. The summed E-state index contributed by atoms with van der Waals surface area (Å²) in [5.74, 6) is -0.198. The summed E-state index contributed by atoms with van der Waals surface area (Å²) in [5, 5.41) is 20.5. The van der Waals surface area contributed by atoms with Crippen LogP contribution in [-0.2, 0) is 0 Å². The molecule has 0 radical (unpaired) electrons. The molecule has 1 amide bonds. The first-order valence-corrected chi connectivity index (χ1v) is 5.96. The number of hydrogen-bond donors (Lipinski definition) is 1. The Hall–Kier alpha value is -2.15. The molecular weight excluding hydrogens is 264 g/mol. The summed E-state index contributed by atoms with van der Waals surface area (Å²) in [6, 6.07) is 3.82. The maximum atomic E-state index is 12.3. The number of aliphatic hydroxyl groups is 1. The SMILES string of the molecule is COc1ccc([N+](=O)[O-])cc1C(=O)N(C)CC(C)(C)O. The van der Waals surface area contributed by atoms with Crippen LogP contribution in [0.25, 0.3) is 0 Å². The number of ether oxygens (including phenoxy) is 1. The number of carbonyl (C=O) groups excluding carboxylic acids is 1. The van der Waals surface area contributed by atoms with Gasteiger partial charge < -0.3 is 14.7 Å². The number of amides is 1. The van der Waals surface area contributed by atoms with Crippen molar-refractivity contribution in [2.24, 2.45) is 0 Å². The van der Waals surface area contributed by atoms with Gasteiger partial charge in [0.25, 0.3) is 11.6 Å². The normalized spacial score (nSPS) is 11.1. The number of benzene rings is 1. The Morgan fingerprint density at radius 2 is 2.10 bits per heavy atom. The zero-order valence-electron chi connectivity index (χ0n) is 11.9. The number of nitro groups is 1. The van der Waals surface area contributed by atoms with E-state index in [9.17, 15) is 20.0 Å². The van der Waals surface area contributed by atoms with E-state index >= 15 is 0 Å². The second-order valence-electron chi connectivity index (χ2n) is 5.12. The van der Waals surface area contributed by atoms with Crippen LogP contribution in [0.2, 0.25) is 0 Å². The molecule has 20 heavy (non-hydrogen) atoms. The summed E-state index contributed by atoms with van der Waals surface area (Å²) >= 11 is 0. The Balaban J connectivity index is 3.13. The van der Waals surface area contributed by atoms with Crippen molar-refractivity contribution in [3.8, 4) is 5.75 Å². The van der Waals surface area contributed by atoms with Crippen LogP contribution in [0.4, 0.5) is 5.69 Å². The van der Waals surface area contributed by atoms with Gasteiger partial charge in [-0.2, -0.15) is 0 Å².